The zero-order valence-corrected chi connectivity index (χ0v) is 19.3. The first kappa shape index (κ1) is 22.9. The number of nitrogens with zero attached hydrogens (tertiary/aromatic N) is 5. The molecule has 0 saturated carbocycles. The first-order valence-electron chi connectivity index (χ1n) is 11.5. The second kappa shape index (κ2) is 10.5. The Morgan fingerprint density at radius 3 is 2.42 bits per heavy atom. The number of hydrogen-bond donors (Lipinski definition) is 2. The van der Waals surface area contributed by atoms with E-state index in [1.807, 2.05) is 13.0 Å². The molecule has 2 heterocycles. The number of nitrogens with one attached hydrogen (secondary N) is 2. The zero-order valence-electron chi connectivity index (χ0n) is 19.3. The van der Waals surface area contributed by atoms with E-state index in [1.54, 1.807) is 12.1 Å². The summed E-state index contributed by atoms with van der Waals surface area (Å²) in [6.45, 7) is 11.7. The lowest BCUT2D eigenvalue weighted by molar-refractivity contribution is -0.383. The molecule has 33 heavy (non-hydrogen) atoms. The van der Waals surface area contributed by atoms with Crippen molar-refractivity contribution in [3.63, 3.8) is 0 Å². The number of piperazine rings is 1. The predicted molar refractivity (Wildman–Crippen MR) is 132 cm³/mol. The Kier molecular flexibility index (Phi) is 7.31. The van der Waals surface area contributed by atoms with Gasteiger partial charge in [-0.05, 0) is 30.7 Å². The van der Waals surface area contributed by atoms with Gasteiger partial charge in [0.25, 0.3) is 5.69 Å². The topological polar surface area (TPSA) is 99.5 Å². The quantitative estimate of drug-likeness (QED) is 0.377. The third-order valence-electron chi connectivity index (χ3n) is 6.19. The molecule has 4 rings (SSSR count). The molecule has 1 fully saturated rings. The zero-order chi connectivity index (χ0) is 23.2. The van der Waals surface area contributed by atoms with Gasteiger partial charge in [-0.3, -0.25) is 15.0 Å². The molecule has 0 radical (unpaired) electrons. The number of anilines is 2. The Bertz CT molecular complexity index is 1110. The van der Waals surface area contributed by atoms with Crippen LogP contribution in [0.15, 0.2) is 42.7 Å². The molecule has 1 saturated heterocycles. The van der Waals surface area contributed by atoms with Gasteiger partial charge in [-0.25, -0.2) is 9.97 Å². The maximum absolute atomic E-state index is 11.6. The van der Waals surface area contributed by atoms with E-state index < -0.39 is 0 Å². The third-order valence-corrected chi connectivity index (χ3v) is 6.19. The second-order valence-corrected chi connectivity index (χ2v) is 8.23. The summed E-state index contributed by atoms with van der Waals surface area (Å²) in [6.07, 6.45) is 1.49. The van der Waals surface area contributed by atoms with Crippen LogP contribution in [0.3, 0.4) is 0 Å². The number of nitro benzene ring substituents is 1. The number of aromatic nitrogens is 2. The minimum Gasteiger partial charge on any atom is -0.380 e. The number of benzene rings is 2. The van der Waals surface area contributed by atoms with E-state index >= 15 is 0 Å². The van der Waals surface area contributed by atoms with Crippen LogP contribution in [0, 0.1) is 10.1 Å². The Morgan fingerprint density at radius 2 is 1.73 bits per heavy atom. The van der Waals surface area contributed by atoms with Crippen LogP contribution in [0.25, 0.3) is 10.9 Å². The van der Waals surface area contributed by atoms with Crippen molar-refractivity contribution in [1.29, 1.82) is 0 Å². The normalized spacial score (nSPS) is 15.0. The molecule has 1 aliphatic rings. The SMILES string of the molecule is CCNc1cc2ncnc(NCc3ccccc3CN3CCN(CC)CC3)c2cc1[N+](=O)[O-]. The second-order valence-electron chi connectivity index (χ2n) is 8.23. The molecule has 2 aromatic carbocycles. The highest BCUT2D eigenvalue weighted by Gasteiger charge is 2.19. The standard InChI is InChI=1S/C24H31N7O2/c1-3-25-22-14-21-20(13-23(22)31(32)33)24(28-17-27-21)26-15-18-7-5-6-8-19(18)16-30-11-9-29(4-2)10-12-30/h5-8,13-14,17,25H,3-4,9-12,15-16H2,1-2H3,(H,26,27,28). The predicted octanol–water partition coefficient (Wildman–Crippen LogP) is 3.72. The third kappa shape index (κ3) is 5.37. The summed E-state index contributed by atoms with van der Waals surface area (Å²) < 4.78 is 0. The van der Waals surface area contributed by atoms with Gasteiger partial charge >= 0.3 is 0 Å². The smallest absolute Gasteiger partial charge is 0.293 e. The van der Waals surface area contributed by atoms with Gasteiger partial charge in [0.2, 0.25) is 0 Å². The summed E-state index contributed by atoms with van der Waals surface area (Å²) in [7, 11) is 0. The van der Waals surface area contributed by atoms with E-state index in [9.17, 15) is 10.1 Å². The number of rotatable bonds is 9. The lowest BCUT2D eigenvalue weighted by Gasteiger charge is -2.34. The number of likely N-dealkylation sites (N-methyl/N-ethyl adjacent to an activating group) is 1. The van der Waals surface area contributed by atoms with Gasteiger partial charge in [0.05, 0.1) is 10.4 Å². The van der Waals surface area contributed by atoms with Gasteiger partial charge in [-0.1, -0.05) is 31.2 Å². The average Bonchev–Trinajstić information content (AvgIpc) is 2.83. The Hall–Kier alpha value is -3.30. The number of fused-ring (bicyclic) bond motifs is 1. The van der Waals surface area contributed by atoms with E-state index in [4.69, 9.17) is 0 Å². The lowest BCUT2D eigenvalue weighted by Crippen LogP contribution is -2.45. The Morgan fingerprint density at radius 1 is 1.00 bits per heavy atom. The summed E-state index contributed by atoms with van der Waals surface area (Å²) in [5, 5.41) is 18.7. The van der Waals surface area contributed by atoms with Gasteiger partial charge in [-0.2, -0.15) is 0 Å². The molecule has 0 bridgehead atoms. The minimum absolute atomic E-state index is 0.0221. The van der Waals surface area contributed by atoms with Crippen LogP contribution in [0.1, 0.15) is 25.0 Å². The fraction of sp³-hybridized carbons (Fsp3) is 0.417. The van der Waals surface area contributed by atoms with Crippen LogP contribution in [0.5, 0.6) is 0 Å². The van der Waals surface area contributed by atoms with Crippen molar-refractivity contribution in [2.24, 2.45) is 0 Å². The van der Waals surface area contributed by atoms with Crippen LogP contribution in [0.2, 0.25) is 0 Å². The molecule has 3 aromatic rings. The van der Waals surface area contributed by atoms with Gasteiger partial charge in [-0.15, -0.1) is 0 Å². The lowest BCUT2D eigenvalue weighted by atomic mass is 10.1. The van der Waals surface area contributed by atoms with Crippen molar-refractivity contribution in [3.05, 3.63) is 64.0 Å². The molecule has 1 aromatic heterocycles. The Labute approximate surface area is 194 Å². The van der Waals surface area contributed by atoms with Crippen molar-refractivity contribution >= 4 is 28.1 Å². The summed E-state index contributed by atoms with van der Waals surface area (Å²) >= 11 is 0. The first-order chi connectivity index (χ1) is 16.1. The summed E-state index contributed by atoms with van der Waals surface area (Å²) in [5.41, 5.74) is 3.63. The summed E-state index contributed by atoms with van der Waals surface area (Å²) in [6, 6.07) is 11.7. The highest BCUT2D eigenvalue weighted by molar-refractivity contribution is 5.94. The molecule has 0 aliphatic carbocycles. The van der Waals surface area contributed by atoms with Crippen molar-refractivity contribution < 1.29 is 4.92 Å². The van der Waals surface area contributed by atoms with Gasteiger partial charge in [0, 0.05) is 57.3 Å². The van der Waals surface area contributed by atoms with E-state index in [0.717, 1.165) is 39.3 Å². The molecular formula is C24H31N7O2. The molecule has 0 unspecified atom stereocenters. The molecule has 174 valence electrons. The minimum atomic E-state index is -0.373. The van der Waals surface area contributed by atoms with Crippen LogP contribution in [0.4, 0.5) is 17.2 Å². The highest BCUT2D eigenvalue weighted by atomic mass is 16.6. The van der Waals surface area contributed by atoms with Crippen LogP contribution >= 0.6 is 0 Å². The van der Waals surface area contributed by atoms with Gasteiger partial charge in [0.1, 0.15) is 17.8 Å². The number of hydrogen-bond acceptors (Lipinski definition) is 8. The molecular weight excluding hydrogens is 418 g/mol. The van der Waals surface area contributed by atoms with Crippen molar-refractivity contribution in [1.82, 2.24) is 19.8 Å². The largest absolute Gasteiger partial charge is 0.380 e. The van der Waals surface area contributed by atoms with E-state index in [0.29, 0.717) is 35.5 Å². The van der Waals surface area contributed by atoms with Crippen molar-refractivity contribution in [3.8, 4) is 0 Å². The van der Waals surface area contributed by atoms with Gasteiger partial charge < -0.3 is 15.5 Å². The highest BCUT2D eigenvalue weighted by Crippen LogP contribution is 2.32. The fourth-order valence-corrected chi connectivity index (χ4v) is 4.28. The molecule has 9 nitrogen and oxygen atoms in total. The Balaban J connectivity index is 1.53. The summed E-state index contributed by atoms with van der Waals surface area (Å²) in [5.74, 6) is 0.595. The van der Waals surface area contributed by atoms with Crippen LogP contribution in [-0.4, -0.2) is 64.0 Å². The molecule has 0 amide bonds. The number of nitro groups is 1. The first-order valence-corrected chi connectivity index (χ1v) is 11.5. The monoisotopic (exact) mass is 449 g/mol. The van der Waals surface area contributed by atoms with Crippen LogP contribution < -0.4 is 10.6 Å². The molecule has 2 N–H and O–H groups in total. The molecule has 0 atom stereocenters. The van der Waals surface area contributed by atoms with Crippen LogP contribution in [-0.2, 0) is 13.1 Å². The average molecular weight is 450 g/mol. The van der Waals surface area contributed by atoms with E-state index in [2.05, 4.69) is 55.5 Å². The summed E-state index contributed by atoms with van der Waals surface area (Å²) in [4.78, 5) is 24.9. The fourth-order valence-electron chi connectivity index (χ4n) is 4.28. The van der Waals surface area contributed by atoms with Crippen molar-refractivity contribution in [2.75, 3.05) is 49.9 Å². The molecule has 9 heteroatoms. The molecule has 1 aliphatic heterocycles. The van der Waals surface area contributed by atoms with E-state index in [-0.39, 0.29) is 10.6 Å². The maximum Gasteiger partial charge on any atom is 0.293 e. The molecule has 0 spiro atoms. The maximum atomic E-state index is 11.6. The van der Waals surface area contributed by atoms with Gasteiger partial charge in [0.15, 0.2) is 0 Å². The van der Waals surface area contributed by atoms with Crippen molar-refractivity contribution in [2.45, 2.75) is 26.9 Å². The van der Waals surface area contributed by atoms with E-state index in [1.165, 1.54) is 17.5 Å².